The number of halogens is 2. The molecule has 1 aliphatic heterocycles. The van der Waals surface area contributed by atoms with Crippen molar-refractivity contribution in [3.05, 3.63) is 18.2 Å². The summed E-state index contributed by atoms with van der Waals surface area (Å²) < 4.78 is 26.4. The summed E-state index contributed by atoms with van der Waals surface area (Å²) in [4.78, 5) is 1.65. The lowest BCUT2D eigenvalue weighted by molar-refractivity contribution is -0.0116. The molecule has 5 heteroatoms. The van der Waals surface area contributed by atoms with E-state index in [2.05, 4.69) is 0 Å². The maximum absolute atomic E-state index is 13.2. The summed E-state index contributed by atoms with van der Waals surface area (Å²) in [6, 6.07) is 5.03. The number of hydrogen-bond donors (Lipinski definition) is 2. The number of anilines is 3. The highest BCUT2D eigenvalue weighted by atomic mass is 19.3. The molecule has 0 aromatic heterocycles. The zero-order valence-corrected chi connectivity index (χ0v) is 8.92. The predicted octanol–water partition coefficient (Wildman–Crippen LogP) is 2.09. The Morgan fingerprint density at radius 1 is 1.19 bits per heavy atom. The van der Waals surface area contributed by atoms with Crippen molar-refractivity contribution in [1.29, 1.82) is 0 Å². The lowest BCUT2D eigenvalue weighted by atomic mass is 10.1. The van der Waals surface area contributed by atoms with Crippen molar-refractivity contribution in [2.24, 2.45) is 0 Å². The first kappa shape index (κ1) is 11.0. The van der Waals surface area contributed by atoms with Gasteiger partial charge < -0.3 is 16.4 Å². The molecule has 1 aliphatic rings. The molecule has 1 saturated heterocycles. The first-order chi connectivity index (χ1) is 7.48. The minimum atomic E-state index is -2.60. The van der Waals surface area contributed by atoms with Crippen LogP contribution in [0.2, 0.25) is 0 Å². The first-order valence-corrected chi connectivity index (χ1v) is 5.26. The SMILES string of the molecule is Nc1ccc(N2CCCC(F)(F)C2)cc1N. The molecule has 0 saturated carbocycles. The molecule has 3 nitrogen and oxygen atoms in total. The number of rotatable bonds is 1. The lowest BCUT2D eigenvalue weighted by Gasteiger charge is -2.34. The van der Waals surface area contributed by atoms with E-state index in [9.17, 15) is 8.78 Å². The van der Waals surface area contributed by atoms with Crippen LogP contribution < -0.4 is 16.4 Å². The van der Waals surface area contributed by atoms with Gasteiger partial charge in [0, 0.05) is 18.7 Å². The molecular formula is C11H15F2N3. The molecule has 1 aromatic carbocycles. The zero-order chi connectivity index (χ0) is 11.8. The first-order valence-electron chi connectivity index (χ1n) is 5.26. The van der Waals surface area contributed by atoms with Crippen molar-refractivity contribution in [3.8, 4) is 0 Å². The monoisotopic (exact) mass is 227 g/mol. The van der Waals surface area contributed by atoms with Gasteiger partial charge in [-0.05, 0) is 24.6 Å². The van der Waals surface area contributed by atoms with Gasteiger partial charge in [0.25, 0.3) is 5.92 Å². The number of nitrogen functional groups attached to an aromatic ring is 2. The van der Waals surface area contributed by atoms with Gasteiger partial charge in [-0.2, -0.15) is 0 Å². The van der Waals surface area contributed by atoms with E-state index in [0.29, 0.717) is 30.0 Å². The number of nitrogens with zero attached hydrogens (tertiary/aromatic N) is 1. The number of piperidine rings is 1. The van der Waals surface area contributed by atoms with Gasteiger partial charge in [0.1, 0.15) is 0 Å². The Labute approximate surface area is 93.0 Å². The smallest absolute Gasteiger partial charge is 0.265 e. The molecular weight excluding hydrogens is 212 g/mol. The van der Waals surface area contributed by atoms with Crippen molar-refractivity contribution >= 4 is 17.1 Å². The second kappa shape index (κ2) is 3.81. The van der Waals surface area contributed by atoms with E-state index >= 15 is 0 Å². The van der Waals surface area contributed by atoms with Crippen LogP contribution in [0.15, 0.2) is 18.2 Å². The number of hydrogen-bond acceptors (Lipinski definition) is 3. The average molecular weight is 227 g/mol. The van der Waals surface area contributed by atoms with Crippen molar-refractivity contribution in [2.45, 2.75) is 18.8 Å². The fourth-order valence-electron chi connectivity index (χ4n) is 1.95. The van der Waals surface area contributed by atoms with Crippen LogP contribution in [0.3, 0.4) is 0 Å². The van der Waals surface area contributed by atoms with Crippen LogP contribution in [-0.2, 0) is 0 Å². The Kier molecular flexibility index (Phi) is 2.61. The van der Waals surface area contributed by atoms with E-state index in [1.807, 2.05) is 0 Å². The summed E-state index contributed by atoms with van der Waals surface area (Å²) in [5, 5.41) is 0. The molecule has 0 atom stereocenters. The molecule has 0 aliphatic carbocycles. The second-order valence-corrected chi connectivity index (χ2v) is 4.19. The minimum absolute atomic E-state index is 0.0338. The molecule has 16 heavy (non-hydrogen) atoms. The van der Waals surface area contributed by atoms with E-state index in [4.69, 9.17) is 11.5 Å². The largest absolute Gasteiger partial charge is 0.397 e. The van der Waals surface area contributed by atoms with Gasteiger partial charge in [-0.25, -0.2) is 8.78 Å². The van der Waals surface area contributed by atoms with Crippen molar-refractivity contribution in [3.63, 3.8) is 0 Å². The van der Waals surface area contributed by atoms with Gasteiger partial charge in [-0.3, -0.25) is 0 Å². The van der Waals surface area contributed by atoms with E-state index in [1.54, 1.807) is 23.1 Å². The number of nitrogens with two attached hydrogens (primary N) is 2. The van der Waals surface area contributed by atoms with E-state index in [1.165, 1.54) is 0 Å². The van der Waals surface area contributed by atoms with Crippen LogP contribution in [0.4, 0.5) is 25.8 Å². The van der Waals surface area contributed by atoms with Gasteiger partial charge in [0.15, 0.2) is 0 Å². The Balaban J connectivity index is 2.20. The second-order valence-electron chi connectivity index (χ2n) is 4.19. The summed E-state index contributed by atoms with van der Waals surface area (Å²) >= 11 is 0. The Morgan fingerprint density at radius 3 is 2.56 bits per heavy atom. The summed E-state index contributed by atoms with van der Waals surface area (Å²) in [6.07, 6.45) is 0.464. The Hall–Kier alpha value is -1.52. The van der Waals surface area contributed by atoms with Crippen LogP contribution in [0, 0.1) is 0 Å². The standard InChI is InChI=1S/C11H15F2N3/c12-11(13)4-1-5-16(7-11)8-2-3-9(14)10(15)6-8/h2-3,6H,1,4-5,7,14-15H2. The molecule has 1 aromatic rings. The normalized spacial score (nSPS) is 19.8. The highest BCUT2D eigenvalue weighted by Crippen LogP contribution is 2.31. The molecule has 0 bridgehead atoms. The molecule has 2 rings (SSSR count). The van der Waals surface area contributed by atoms with E-state index in [0.717, 1.165) is 0 Å². The van der Waals surface area contributed by atoms with Gasteiger partial charge in [-0.1, -0.05) is 0 Å². The number of alkyl halides is 2. The summed E-state index contributed by atoms with van der Waals surface area (Å²) in [7, 11) is 0. The molecule has 0 unspecified atom stereocenters. The van der Waals surface area contributed by atoms with E-state index in [-0.39, 0.29) is 13.0 Å². The Bertz CT molecular complexity index is 393. The van der Waals surface area contributed by atoms with Crippen LogP contribution in [0.1, 0.15) is 12.8 Å². The fourth-order valence-corrected chi connectivity index (χ4v) is 1.95. The van der Waals surface area contributed by atoms with Crippen molar-refractivity contribution < 1.29 is 8.78 Å². The Morgan fingerprint density at radius 2 is 1.94 bits per heavy atom. The van der Waals surface area contributed by atoms with E-state index < -0.39 is 5.92 Å². The van der Waals surface area contributed by atoms with Gasteiger partial charge in [0.05, 0.1) is 17.9 Å². The van der Waals surface area contributed by atoms with Crippen LogP contribution in [0.25, 0.3) is 0 Å². The molecule has 0 spiro atoms. The highest BCUT2D eigenvalue weighted by molar-refractivity contribution is 5.69. The molecule has 88 valence electrons. The maximum atomic E-state index is 13.2. The summed E-state index contributed by atoms with van der Waals surface area (Å²) in [6.45, 7) is 0.398. The van der Waals surface area contributed by atoms with Crippen molar-refractivity contribution in [2.75, 3.05) is 29.5 Å². The topological polar surface area (TPSA) is 55.3 Å². The zero-order valence-electron chi connectivity index (χ0n) is 8.92. The van der Waals surface area contributed by atoms with Gasteiger partial charge in [-0.15, -0.1) is 0 Å². The minimum Gasteiger partial charge on any atom is -0.397 e. The quantitative estimate of drug-likeness (QED) is 0.722. The van der Waals surface area contributed by atoms with Gasteiger partial charge in [0.2, 0.25) is 0 Å². The van der Waals surface area contributed by atoms with Crippen LogP contribution >= 0.6 is 0 Å². The third-order valence-corrected chi connectivity index (χ3v) is 2.83. The third kappa shape index (κ3) is 2.18. The average Bonchev–Trinajstić information content (AvgIpc) is 2.20. The fraction of sp³-hybridized carbons (Fsp3) is 0.455. The highest BCUT2D eigenvalue weighted by Gasteiger charge is 2.35. The molecule has 1 fully saturated rings. The van der Waals surface area contributed by atoms with Crippen molar-refractivity contribution in [1.82, 2.24) is 0 Å². The molecule has 4 N–H and O–H groups in total. The maximum Gasteiger partial charge on any atom is 0.265 e. The third-order valence-electron chi connectivity index (χ3n) is 2.83. The van der Waals surface area contributed by atoms with Crippen LogP contribution in [0.5, 0.6) is 0 Å². The van der Waals surface area contributed by atoms with Crippen LogP contribution in [-0.4, -0.2) is 19.0 Å². The predicted molar refractivity (Wildman–Crippen MR) is 61.7 cm³/mol. The number of benzene rings is 1. The van der Waals surface area contributed by atoms with Gasteiger partial charge >= 0.3 is 0 Å². The lowest BCUT2D eigenvalue weighted by Crippen LogP contribution is -2.42. The summed E-state index contributed by atoms with van der Waals surface area (Å²) in [5.74, 6) is -2.60. The molecule has 1 heterocycles. The summed E-state index contributed by atoms with van der Waals surface area (Å²) in [5.41, 5.74) is 12.9. The molecule has 0 amide bonds. The molecule has 0 radical (unpaired) electrons.